The van der Waals surface area contributed by atoms with Crippen LogP contribution in [0.2, 0.25) is 10.3 Å². The Labute approximate surface area is 145 Å². The fraction of sp³-hybridized carbons (Fsp3) is 0.429. The van der Waals surface area contributed by atoms with Crippen LogP contribution in [0.3, 0.4) is 0 Å². The number of nitrogens with zero attached hydrogens (tertiary/aromatic N) is 3. The Balaban J connectivity index is 1.87. The summed E-state index contributed by atoms with van der Waals surface area (Å²) < 4.78 is 14.6. The Morgan fingerprint density at radius 3 is 2.73 bits per heavy atom. The lowest BCUT2D eigenvalue weighted by atomic mass is 9.87. The van der Waals surface area contributed by atoms with Gasteiger partial charge in [0.2, 0.25) is 5.28 Å². The molecule has 1 aromatic carbocycles. The van der Waals surface area contributed by atoms with Crippen LogP contribution in [-0.2, 0) is 0 Å². The van der Waals surface area contributed by atoms with Gasteiger partial charge in [-0.25, -0.2) is 9.37 Å². The summed E-state index contributed by atoms with van der Waals surface area (Å²) in [6, 6.07) is 1.69. The number of halogens is 4. The maximum absolute atomic E-state index is 14.4. The molecule has 8 heteroatoms. The third kappa shape index (κ3) is 2.19. The van der Waals surface area contributed by atoms with Gasteiger partial charge in [0.15, 0.2) is 5.82 Å². The van der Waals surface area contributed by atoms with Gasteiger partial charge in [-0.05, 0) is 53.0 Å². The summed E-state index contributed by atoms with van der Waals surface area (Å²) in [4.78, 5) is 10.5. The lowest BCUT2D eigenvalue weighted by molar-refractivity contribution is 0.235. The predicted molar refractivity (Wildman–Crippen MR) is 89.4 cm³/mol. The Morgan fingerprint density at radius 2 is 2.09 bits per heavy atom. The monoisotopic (exact) mass is 404 g/mol. The van der Waals surface area contributed by atoms with Crippen molar-refractivity contribution in [3.05, 3.63) is 26.7 Å². The molecule has 1 atom stereocenters. The maximum Gasteiger partial charge on any atom is 0.225 e. The fourth-order valence-corrected chi connectivity index (χ4v) is 3.91. The number of aromatic nitrogens is 2. The number of hydrogen-bond donors (Lipinski definition) is 1. The zero-order valence-electron chi connectivity index (χ0n) is 11.5. The number of hydrogen-bond acceptors (Lipinski definition) is 4. The first-order chi connectivity index (χ1) is 10.5. The number of nitrogens with one attached hydrogen (secondary N) is 1. The van der Waals surface area contributed by atoms with E-state index in [-0.39, 0.29) is 20.8 Å². The van der Waals surface area contributed by atoms with Gasteiger partial charge in [-0.2, -0.15) is 4.98 Å². The molecule has 2 fully saturated rings. The predicted octanol–water partition coefficient (Wildman–Crippen LogP) is 3.78. The standard InChI is InChI=1S/C14H12BrCl2FN4/c15-9-8(16)5-7-11(10(9)18)20-13(17)21-12(7)22-4-2-14(6-22)1-3-19-14/h5,19H,1-4,6H2. The Bertz CT molecular complexity index is 781. The summed E-state index contributed by atoms with van der Waals surface area (Å²) in [5, 5.41) is 4.42. The summed E-state index contributed by atoms with van der Waals surface area (Å²) >= 11 is 15.2. The molecule has 116 valence electrons. The molecule has 2 aliphatic heterocycles. The molecule has 0 bridgehead atoms. The van der Waals surface area contributed by atoms with Crippen molar-refractivity contribution in [3.8, 4) is 0 Å². The Morgan fingerprint density at radius 1 is 1.32 bits per heavy atom. The third-order valence-corrected chi connectivity index (χ3v) is 6.01. The zero-order valence-corrected chi connectivity index (χ0v) is 14.6. The highest BCUT2D eigenvalue weighted by molar-refractivity contribution is 9.10. The zero-order chi connectivity index (χ0) is 15.5. The minimum Gasteiger partial charge on any atom is -0.354 e. The largest absolute Gasteiger partial charge is 0.354 e. The molecule has 3 heterocycles. The van der Waals surface area contributed by atoms with Gasteiger partial charge in [-0.1, -0.05) is 11.6 Å². The maximum atomic E-state index is 14.4. The van der Waals surface area contributed by atoms with Gasteiger partial charge in [0.25, 0.3) is 0 Å². The molecule has 4 rings (SSSR count). The van der Waals surface area contributed by atoms with Crippen LogP contribution >= 0.6 is 39.1 Å². The van der Waals surface area contributed by atoms with E-state index in [4.69, 9.17) is 23.2 Å². The molecule has 0 aliphatic carbocycles. The lowest BCUT2D eigenvalue weighted by Crippen LogP contribution is -2.58. The van der Waals surface area contributed by atoms with Crippen molar-refractivity contribution in [1.82, 2.24) is 15.3 Å². The van der Waals surface area contributed by atoms with Crippen molar-refractivity contribution >= 4 is 55.9 Å². The quantitative estimate of drug-likeness (QED) is 0.579. The van der Waals surface area contributed by atoms with Crippen LogP contribution < -0.4 is 10.2 Å². The Kier molecular flexibility index (Phi) is 3.49. The molecule has 1 aromatic heterocycles. The van der Waals surface area contributed by atoms with Crippen molar-refractivity contribution in [2.45, 2.75) is 18.4 Å². The highest BCUT2D eigenvalue weighted by atomic mass is 79.9. The van der Waals surface area contributed by atoms with Crippen LogP contribution in [0.4, 0.5) is 10.2 Å². The van der Waals surface area contributed by atoms with Gasteiger partial charge in [0.1, 0.15) is 11.3 Å². The average molecular weight is 406 g/mol. The highest BCUT2D eigenvalue weighted by Gasteiger charge is 2.43. The average Bonchev–Trinajstić information content (AvgIpc) is 2.91. The lowest BCUT2D eigenvalue weighted by Gasteiger charge is -2.39. The molecule has 4 nitrogen and oxygen atoms in total. The van der Waals surface area contributed by atoms with E-state index in [1.165, 1.54) is 0 Å². The van der Waals surface area contributed by atoms with Gasteiger partial charge in [0, 0.05) is 24.0 Å². The summed E-state index contributed by atoms with van der Waals surface area (Å²) in [6.07, 6.45) is 2.20. The summed E-state index contributed by atoms with van der Waals surface area (Å²) in [5.74, 6) is 0.137. The van der Waals surface area contributed by atoms with Crippen molar-refractivity contribution in [2.24, 2.45) is 0 Å². The molecule has 1 N–H and O–H groups in total. The molecule has 2 aliphatic rings. The second-order valence-corrected chi connectivity index (χ2v) is 7.37. The van der Waals surface area contributed by atoms with Gasteiger partial charge in [-0.15, -0.1) is 0 Å². The molecule has 0 radical (unpaired) electrons. The van der Waals surface area contributed by atoms with Crippen LogP contribution in [-0.4, -0.2) is 35.1 Å². The van der Waals surface area contributed by atoms with E-state index >= 15 is 0 Å². The highest BCUT2D eigenvalue weighted by Crippen LogP contribution is 2.39. The van der Waals surface area contributed by atoms with Crippen LogP contribution in [0.25, 0.3) is 10.9 Å². The van der Waals surface area contributed by atoms with Gasteiger partial charge in [0.05, 0.1) is 9.50 Å². The van der Waals surface area contributed by atoms with E-state index in [0.717, 1.165) is 32.5 Å². The van der Waals surface area contributed by atoms with Gasteiger partial charge >= 0.3 is 0 Å². The first kappa shape index (κ1) is 14.9. The van der Waals surface area contributed by atoms with Crippen LogP contribution in [0.5, 0.6) is 0 Å². The van der Waals surface area contributed by atoms with Gasteiger partial charge < -0.3 is 10.2 Å². The molecule has 2 aromatic rings. The van der Waals surface area contributed by atoms with Crippen molar-refractivity contribution in [1.29, 1.82) is 0 Å². The summed E-state index contributed by atoms with van der Waals surface area (Å²) in [6.45, 7) is 2.74. The topological polar surface area (TPSA) is 41.0 Å². The molecule has 1 spiro atoms. The smallest absolute Gasteiger partial charge is 0.225 e. The van der Waals surface area contributed by atoms with Crippen LogP contribution in [0.15, 0.2) is 10.5 Å². The number of benzene rings is 1. The number of anilines is 1. The molecule has 1 unspecified atom stereocenters. The second kappa shape index (κ2) is 5.16. The van der Waals surface area contributed by atoms with Crippen LogP contribution in [0.1, 0.15) is 12.8 Å². The fourth-order valence-electron chi connectivity index (χ4n) is 3.25. The van der Waals surface area contributed by atoms with Crippen molar-refractivity contribution < 1.29 is 4.39 Å². The molecular formula is C14H12BrCl2FN4. The molecular weight excluding hydrogens is 394 g/mol. The first-order valence-corrected chi connectivity index (χ1v) is 8.55. The van der Waals surface area contributed by atoms with Crippen molar-refractivity contribution in [3.63, 3.8) is 0 Å². The number of fused-ring (bicyclic) bond motifs is 1. The molecule has 0 saturated carbocycles. The minimum absolute atomic E-state index is 0.0399. The summed E-state index contributed by atoms with van der Waals surface area (Å²) in [7, 11) is 0. The normalized spacial score (nSPS) is 24.3. The second-order valence-electron chi connectivity index (χ2n) is 5.83. The van der Waals surface area contributed by atoms with E-state index in [1.807, 2.05) is 0 Å². The number of rotatable bonds is 1. The SMILES string of the molecule is Fc1c(Br)c(Cl)cc2c(N3CCC4(CCN4)C3)nc(Cl)nc12. The van der Waals surface area contributed by atoms with Gasteiger partial charge in [-0.3, -0.25) is 0 Å². The molecule has 0 amide bonds. The van der Waals surface area contributed by atoms with E-state index in [9.17, 15) is 4.39 Å². The van der Waals surface area contributed by atoms with Crippen LogP contribution in [0, 0.1) is 5.82 Å². The van der Waals surface area contributed by atoms with E-state index in [0.29, 0.717) is 16.2 Å². The third-order valence-electron chi connectivity index (χ3n) is 4.54. The van der Waals surface area contributed by atoms with Crippen molar-refractivity contribution in [2.75, 3.05) is 24.5 Å². The molecule has 2 saturated heterocycles. The molecule has 22 heavy (non-hydrogen) atoms. The Hall–Kier alpha value is -0.690. The minimum atomic E-state index is -0.510. The van der Waals surface area contributed by atoms with E-state index in [2.05, 4.69) is 36.1 Å². The summed E-state index contributed by atoms with van der Waals surface area (Å²) in [5.41, 5.74) is 0.357. The first-order valence-electron chi connectivity index (χ1n) is 7.00. The van der Waals surface area contributed by atoms with E-state index in [1.54, 1.807) is 6.07 Å². The van der Waals surface area contributed by atoms with E-state index < -0.39 is 5.82 Å².